The third-order valence-corrected chi connectivity index (χ3v) is 2.77. The summed E-state index contributed by atoms with van der Waals surface area (Å²) in [4.78, 5) is 0. The molecule has 0 aromatic carbocycles. The van der Waals surface area contributed by atoms with Crippen molar-refractivity contribution in [2.75, 3.05) is 0 Å². The third kappa shape index (κ3) is 1.41. The van der Waals surface area contributed by atoms with E-state index in [4.69, 9.17) is 4.74 Å². The molecule has 2 nitrogen and oxygen atoms in total. The summed E-state index contributed by atoms with van der Waals surface area (Å²) >= 11 is 0. The minimum absolute atomic E-state index is 0.122. The van der Waals surface area contributed by atoms with E-state index in [2.05, 4.69) is 13.0 Å². The molecule has 4 atom stereocenters. The van der Waals surface area contributed by atoms with E-state index >= 15 is 0 Å². The largest absolute Gasteiger partial charge is 0.386 e. The molecule has 68 valence electrons. The first-order valence-corrected chi connectivity index (χ1v) is 4.84. The maximum absolute atomic E-state index is 9.35. The average molecular weight is 168 g/mol. The SMILES string of the molecule is CCCC[C@H]1C=C[C@@H](O)[C@@H]2O[C@@H]21. The van der Waals surface area contributed by atoms with Crippen LogP contribution in [-0.2, 0) is 4.74 Å². The van der Waals surface area contributed by atoms with Gasteiger partial charge in [0.15, 0.2) is 0 Å². The van der Waals surface area contributed by atoms with E-state index in [1.165, 1.54) is 19.3 Å². The van der Waals surface area contributed by atoms with Crippen molar-refractivity contribution in [3.05, 3.63) is 12.2 Å². The molecule has 0 aromatic heterocycles. The predicted octanol–water partition coefficient (Wildman–Crippen LogP) is 1.49. The molecule has 0 amide bonds. The molecule has 0 radical (unpaired) electrons. The molecule has 2 heteroatoms. The van der Waals surface area contributed by atoms with Crippen LogP contribution in [-0.4, -0.2) is 23.4 Å². The zero-order valence-electron chi connectivity index (χ0n) is 7.44. The summed E-state index contributed by atoms with van der Waals surface area (Å²) in [5.41, 5.74) is 0. The van der Waals surface area contributed by atoms with E-state index in [9.17, 15) is 5.11 Å². The highest BCUT2D eigenvalue weighted by Crippen LogP contribution is 2.39. The van der Waals surface area contributed by atoms with Gasteiger partial charge in [-0.1, -0.05) is 31.9 Å². The first-order chi connectivity index (χ1) is 5.83. The number of epoxide rings is 1. The number of hydrogen-bond donors (Lipinski definition) is 1. The zero-order chi connectivity index (χ0) is 8.55. The van der Waals surface area contributed by atoms with Gasteiger partial charge in [-0.3, -0.25) is 0 Å². The molecule has 1 fully saturated rings. The highest BCUT2D eigenvalue weighted by atomic mass is 16.6. The fourth-order valence-corrected chi connectivity index (χ4v) is 1.93. The summed E-state index contributed by atoms with van der Waals surface area (Å²) in [5.74, 6) is 0.568. The summed E-state index contributed by atoms with van der Waals surface area (Å²) in [6.07, 6.45) is 7.83. The summed E-state index contributed by atoms with van der Waals surface area (Å²) in [5, 5.41) is 9.35. The van der Waals surface area contributed by atoms with Gasteiger partial charge in [0.2, 0.25) is 0 Å². The maximum Gasteiger partial charge on any atom is 0.114 e. The molecule has 0 saturated carbocycles. The Morgan fingerprint density at radius 1 is 1.33 bits per heavy atom. The molecule has 1 heterocycles. The molecule has 2 aliphatic rings. The molecule has 1 aliphatic heterocycles. The standard InChI is InChI=1S/C10H16O2/c1-2-3-4-7-5-6-8(11)10-9(7)12-10/h5-11H,2-4H2,1H3/t7-,8+,9+,10-/m0/s1. The molecular weight excluding hydrogens is 152 g/mol. The van der Waals surface area contributed by atoms with Crippen LogP contribution >= 0.6 is 0 Å². The summed E-state index contributed by atoms with van der Waals surface area (Å²) in [6.45, 7) is 2.20. The van der Waals surface area contributed by atoms with Crippen LogP contribution in [0.2, 0.25) is 0 Å². The molecule has 1 saturated heterocycles. The van der Waals surface area contributed by atoms with E-state index in [0.717, 1.165) is 0 Å². The number of rotatable bonds is 3. The second-order valence-corrected chi connectivity index (χ2v) is 3.75. The van der Waals surface area contributed by atoms with Crippen LogP contribution in [0.5, 0.6) is 0 Å². The highest BCUT2D eigenvalue weighted by molar-refractivity contribution is 5.14. The van der Waals surface area contributed by atoms with Crippen molar-refractivity contribution in [1.82, 2.24) is 0 Å². The van der Waals surface area contributed by atoms with Crippen molar-refractivity contribution >= 4 is 0 Å². The van der Waals surface area contributed by atoms with Crippen molar-refractivity contribution in [1.29, 1.82) is 0 Å². The smallest absolute Gasteiger partial charge is 0.114 e. The Balaban J connectivity index is 1.88. The second kappa shape index (κ2) is 3.19. The Bertz CT molecular complexity index is 188. The minimum Gasteiger partial charge on any atom is -0.386 e. The van der Waals surface area contributed by atoms with E-state index in [-0.39, 0.29) is 12.2 Å². The molecule has 0 aromatic rings. The van der Waals surface area contributed by atoms with Crippen LogP contribution in [0.4, 0.5) is 0 Å². The van der Waals surface area contributed by atoms with E-state index in [0.29, 0.717) is 12.0 Å². The van der Waals surface area contributed by atoms with Gasteiger partial charge >= 0.3 is 0 Å². The summed E-state index contributed by atoms with van der Waals surface area (Å²) < 4.78 is 5.39. The van der Waals surface area contributed by atoms with Crippen molar-refractivity contribution in [3.8, 4) is 0 Å². The van der Waals surface area contributed by atoms with Crippen molar-refractivity contribution in [3.63, 3.8) is 0 Å². The fourth-order valence-electron chi connectivity index (χ4n) is 1.93. The van der Waals surface area contributed by atoms with E-state index in [1.54, 1.807) is 0 Å². The highest BCUT2D eigenvalue weighted by Gasteiger charge is 2.49. The first-order valence-electron chi connectivity index (χ1n) is 4.84. The van der Waals surface area contributed by atoms with Crippen LogP contribution in [0.1, 0.15) is 26.2 Å². The van der Waals surface area contributed by atoms with Gasteiger partial charge in [0.1, 0.15) is 12.2 Å². The molecule has 0 unspecified atom stereocenters. The summed E-state index contributed by atoms with van der Waals surface area (Å²) in [6, 6.07) is 0. The lowest BCUT2D eigenvalue weighted by atomic mass is 9.90. The van der Waals surface area contributed by atoms with Gasteiger partial charge in [0.05, 0.1) is 6.10 Å². The van der Waals surface area contributed by atoms with Crippen molar-refractivity contribution in [2.45, 2.75) is 44.5 Å². The number of fused-ring (bicyclic) bond motifs is 1. The van der Waals surface area contributed by atoms with Crippen molar-refractivity contribution in [2.24, 2.45) is 5.92 Å². The molecule has 0 bridgehead atoms. The Hall–Kier alpha value is -0.340. The number of ether oxygens (including phenoxy) is 1. The van der Waals surface area contributed by atoms with Gasteiger partial charge < -0.3 is 9.84 Å². The Morgan fingerprint density at radius 2 is 2.17 bits per heavy atom. The second-order valence-electron chi connectivity index (χ2n) is 3.75. The minimum atomic E-state index is -0.340. The van der Waals surface area contributed by atoms with Gasteiger partial charge in [0.25, 0.3) is 0 Å². The fraction of sp³-hybridized carbons (Fsp3) is 0.800. The van der Waals surface area contributed by atoms with Crippen LogP contribution in [0.15, 0.2) is 12.2 Å². The van der Waals surface area contributed by atoms with Gasteiger partial charge in [-0.25, -0.2) is 0 Å². The normalized spacial score (nSPS) is 44.2. The molecule has 1 N–H and O–H groups in total. The number of unbranched alkanes of at least 4 members (excludes halogenated alkanes) is 1. The lowest BCUT2D eigenvalue weighted by Crippen LogP contribution is -2.22. The maximum atomic E-state index is 9.35. The van der Waals surface area contributed by atoms with Crippen LogP contribution in [0.3, 0.4) is 0 Å². The Kier molecular flexibility index (Phi) is 2.20. The van der Waals surface area contributed by atoms with Crippen LogP contribution in [0.25, 0.3) is 0 Å². The Morgan fingerprint density at radius 3 is 2.92 bits per heavy atom. The molecule has 12 heavy (non-hydrogen) atoms. The van der Waals surface area contributed by atoms with Gasteiger partial charge in [-0.05, 0) is 6.42 Å². The van der Waals surface area contributed by atoms with Crippen molar-refractivity contribution < 1.29 is 9.84 Å². The van der Waals surface area contributed by atoms with E-state index < -0.39 is 0 Å². The molecule has 0 spiro atoms. The first kappa shape index (κ1) is 8.27. The number of aliphatic hydroxyl groups is 1. The van der Waals surface area contributed by atoms with Crippen LogP contribution < -0.4 is 0 Å². The molecule has 1 aliphatic carbocycles. The quantitative estimate of drug-likeness (QED) is 0.511. The third-order valence-electron chi connectivity index (χ3n) is 2.77. The molecule has 2 rings (SSSR count). The van der Waals surface area contributed by atoms with Crippen LogP contribution in [0, 0.1) is 5.92 Å². The monoisotopic (exact) mass is 168 g/mol. The zero-order valence-corrected chi connectivity index (χ0v) is 7.44. The average Bonchev–Trinajstić information content (AvgIpc) is 2.83. The Labute approximate surface area is 73.2 Å². The van der Waals surface area contributed by atoms with Gasteiger partial charge in [0, 0.05) is 5.92 Å². The number of aliphatic hydroxyl groups excluding tert-OH is 1. The predicted molar refractivity (Wildman–Crippen MR) is 46.8 cm³/mol. The summed E-state index contributed by atoms with van der Waals surface area (Å²) in [7, 11) is 0. The van der Waals surface area contributed by atoms with Gasteiger partial charge in [-0.15, -0.1) is 0 Å². The van der Waals surface area contributed by atoms with E-state index in [1.807, 2.05) is 6.08 Å². The lowest BCUT2D eigenvalue weighted by Gasteiger charge is -2.14. The molecular formula is C10H16O2. The lowest BCUT2D eigenvalue weighted by molar-refractivity contribution is 0.178. The van der Waals surface area contributed by atoms with Gasteiger partial charge in [-0.2, -0.15) is 0 Å². The number of hydrogen-bond acceptors (Lipinski definition) is 2. The topological polar surface area (TPSA) is 32.8 Å².